The summed E-state index contributed by atoms with van der Waals surface area (Å²) in [4.78, 5) is 8.61. The van der Waals surface area contributed by atoms with E-state index < -0.39 is 0 Å². The summed E-state index contributed by atoms with van der Waals surface area (Å²) in [6.45, 7) is 0.541. The van der Waals surface area contributed by atoms with Crippen molar-refractivity contribution in [2.75, 3.05) is 0 Å². The van der Waals surface area contributed by atoms with Crippen molar-refractivity contribution in [3.05, 3.63) is 114 Å². The largest absolute Gasteiger partial charge is 0.508 e. The van der Waals surface area contributed by atoms with Crippen LogP contribution >= 0.6 is 0 Å². The monoisotopic (exact) mass is 381 g/mol. The van der Waals surface area contributed by atoms with E-state index in [4.69, 9.17) is 0 Å². The van der Waals surface area contributed by atoms with Gasteiger partial charge in [0.2, 0.25) is 0 Å². The Hall–Kier alpha value is -3.50. The second-order valence-electron chi connectivity index (χ2n) is 6.95. The van der Waals surface area contributed by atoms with Gasteiger partial charge in [0.1, 0.15) is 5.75 Å². The summed E-state index contributed by atoms with van der Waals surface area (Å²) >= 11 is 0. The Morgan fingerprint density at radius 3 is 2.21 bits per heavy atom. The highest BCUT2D eigenvalue weighted by Gasteiger charge is 2.13. The Kier molecular flexibility index (Phi) is 5.93. The summed E-state index contributed by atoms with van der Waals surface area (Å²) in [5, 5.41) is 14.0. The third-order valence-electron chi connectivity index (χ3n) is 4.93. The highest BCUT2D eigenvalue weighted by Crippen LogP contribution is 2.25. The van der Waals surface area contributed by atoms with Gasteiger partial charge in [-0.15, -0.1) is 0 Å². The Bertz CT molecular complexity index is 1040. The predicted octanol–water partition coefficient (Wildman–Crippen LogP) is 4.92. The van der Waals surface area contributed by atoms with Gasteiger partial charge >= 0.3 is 0 Å². The van der Waals surface area contributed by atoms with Gasteiger partial charge in [-0.2, -0.15) is 0 Å². The van der Waals surface area contributed by atoms with Crippen molar-refractivity contribution in [3.8, 4) is 17.1 Å². The molecule has 4 heteroatoms. The number of benzene rings is 3. The number of nitrogens with zero attached hydrogens (tertiary/aromatic N) is 2. The third-order valence-corrected chi connectivity index (χ3v) is 4.93. The van der Waals surface area contributed by atoms with Crippen LogP contribution in [-0.4, -0.2) is 15.1 Å². The minimum Gasteiger partial charge on any atom is -0.508 e. The molecule has 0 aliphatic heterocycles. The minimum absolute atomic E-state index is 0.134. The lowest BCUT2D eigenvalue weighted by atomic mass is 9.98. The average Bonchev–Trinajstić information content (AvgIpc) is 2.79. The SMILES string of the molecule is Oc1ccc(-c2ncccn2)cc1CN[C@H](Cc1ccccc1)c1ccccc1. The molecule has 2 N–H and O–H groups in total. The maximum atomic E-state index is 10.4. The number of aromatic hydroxyl groups is 1. The lowest BCUT2D eigenvalue weighted by Crippen LogP contribution is -2.23. The third kappa shape index (κ3) is 4.86. The molecule has 144 valence electrons. The fourth-order valence-electron chi connectivity index (χ4n) is 3.39. The lowest BCUT2D eigenvalue weighted by molar-refractivity contribution is 0.456. The van der Waals surface area contributed by atoms with Crippen LogP contribution in [0.2, 0.25) is 0 Å². The molecule has 0 bridgehead atoms. The number of nitrogens with one attached hydrogen (secondary N) is 1. The van der Waals surface area contributed by atoms with E-state index in [1.165, 1.54) is 11.1 Å². The van der Waals surface area contributed by atoms with Crippen molar-refractivity contribution in [1.29, 1.82) is 0 Å². The molecule has 4 nitrogen and oxygen atoms in total. The normalized spacial score (nSPS) is 11.9. The first-order valence-corrected chi connectivity index (χ1v) is 9.71. The van der Waals surface area contributed by atoms with Gasteiger partial charge in [0.05, 0.1) is 0 Å². The van der Waals surface area contributed by atoms with Crippen molar-refractivity contribution in [2.45, 2.75) is 19.0 Å². The molecule has 0 spiro atoms. The Morgan fingerprint density at radius 1 is 0.793 bits per heavy atom. The first-order chi connectivity index (χ1) is 14.3. The molecule has 0 radical (unpaired) electrons. The van der Waals surface area contributed by atoms with Gasteiger partial charge in [-0.25, -0.2) is 9.97 Å². The molecule has 0 amide bonds. The highest BCUT2D eigenvalue weighted by molar-refractivity contribution is 5.58. The first kappa shape index (κ1) is 18.8. The molecule has 1 atom stereocenters. The van der Waals surface area contributed by atoms with Gasteiger partial charge in [-0.1, -0.05) is 60.7 Å². The van der Waals surface area contributed by atoms with Crippen LogP contribution in [0.5, 0.6) is 5.75 Å². The number of rotatable bonds is 7. The van der Waals surface area contributed by atoms with E-state index in [0.717, 1.165) is 17.5 Å². The molecular formula is C25H23N3O. The van der Waals surface area contributed by atoms with Crippen LogP contribution in [0.1, 0.15) is 22.7 Å². The molecule has 0 fully saturated rings. The molecule has 29 heavy (non-hydrogen) atoms. The summed E-state index contributed by atoms with van der Waals surface area (Å²) < 4.78 is 0. The van der Waals surface area contributed by atoms with Gasteiger partial charge < -0.3 is 10.4 Å². The molecular weight excluding hydrogens is 358 g/mol. The van der Waals surface area contributed by atoms with Gasteiger partial charge in [-0.05, 0) is 41.8 Å². The van der Waals surface area contributed by atoms with Crippen molar-refractivity contribution in [1.82, 2.24) is 15.3 Å². The van der Waals surface area contributed by atoms with Crippen LogP contribution in [0.4, 0.5) is 0 Å². The fourth-order valence-corrected chi connectivity index (χ4v) is 3.39. The number of hydrogen-bond acceptors (Lipinski definition) is 4. The highest BCUT2D eigenvalue weighted by atomic mass is 16.3. The van der Waals surface area contributed by atoms with Crippen molar-refractivity contribution >= 4 is 0 Å². The molecule has 1 aromatic heterocycles. The summed E-state index contributed by atoms with van der Waals surface area (Å²) in [5.41, 5.74) is 4.20. The molecule has 3 aromatic carbocycles. The van der Waals surface area contributed by atoms with Crippen molar-refractivity contribution in [3.63, 3.8) is 0 Å². The van der Waals surface area contributed by atoms with E-state index in [1.54, 1.807) is 24.5 Å². The first-order valence-electron chi connectivity index (χ1n) is 9.71. The second kappa shape index (κ2) is 9.13. The van der Waals surface area contributed by atoms with Crippen LogP contribution in [0.25, 0.3) is 11.4 Å². The molecule has 1 heterocycles. The van der Waals surface area contributed by atoms with E-state index in [1.807, 2.05) is 24.3 Å². The summed E-state index contributed by atoms with van der Waals surface area (Å²) in [6, 6.07) is 28.3. The van der Waals surface area contributed by atoms with E-state index in [-0.39, 0.29) is 11.8 Å². The number of hydrogen-bond donors (Lipinski definition) is 2. The molecule has 4 rings (SSSR count). The van der Waals surface area contributed by atoms with Gasteiger partial charge in [0.15, 0.2) is 5.82 Å². The number of phenolic OH excluding ortho intramolecular Hbond substituents is 1. The molecule has 0 aliphatic rings. The topological polar surface area (TPSA) is 58.0 Å². The van der Waals surface area contributed by atoms with E-state index in [0.29, 0.717) is 12.4 Å². The zero-order chi connectivity index (χ0) is 19.9. The van der Waals surface area contributed by atoms with Crippen LogP contribution < -0.4 is 5.32 Å². The molecule has 0 saturated carbocycles. The lowest BCUT2D eigenvalue weighted by Gasteiger charge is -2.20. The summed E-state index contributed by atoms with van der Waals surface area (Å²) in [5.74, 6) is 0.918. The predicted molar refractivity (Wildman–Crippen MR) is 115 cm³/mol. The molecule has 0 unspecified atom stereocenters. The smallest absolute Gasteiger partial charge is 0.159 e. The van der Waals surface area contributed by atoms with E-state index in [2.05, 4.69) is 63.8 Å². The quantitative estimate of drug-likeness (QED) is 0.477. The van der Waals surface area contributed by atoms with Crippen LogP contribution in [0.3, 0.4) is 0 Å². The maximum Gasteiger partial charge on any atom is 0.159 e. The van der Waals surface area contributed by atoms with Crippen LogP contribution in [0, 0.1) is 0 Å². The Balaban J connectivity index is 1.56. The van der Waals surface area contributed by atoms with Crippen LogP contribution in [0.15, 0.2) is 97.3 Å². The van der Waals surface area contributed by atoms with E-state index >= 15 is 0 Å². The summed E-state index contributed by atoms with van der Waals surface area (Å²) in [7, 11) is 0. The van der Waals surface area contributed by atoms with Crippen molar-refractivity contribution < 1.29 is 5.11 Å². The zero-order valence-electron chi connectivity index (χ0n) is 16.1. The molecule has 4 aromatic rings. The van der Waals surface area contributed by atoms with E-state index in [9.17, 15) is 5.11 Å². The van der Waals surface area contributed by atoms with Crippen LogP contribution in [-0.2, 0) is 13.0 Å². The minimum atomic E-state index is 0.134. The number of phenols is 1. The second-order valence-corrected chi connectivity index (χ2v) is 6.95. The molecule has 0 saturated heterocycles. The van der Waals surface area contributed by atoms with Gasteiger partial charge in [-0.3, -0.25) is 0 Å². The standard InChI is InChI=1S/C25H23N3O/c29-24-13-12-21(25-26-14-7-15-27-25)17-22(24)18-28-23(20-10-5-2-6-11-20)16-19-8-3-1-4-9-19/h1-15,17,23,28-29H,16,18H2/t23-/m1/s1. The Labute approximate surface area is 170 Å². The average molecular weight is 381 g/mol. The van der Waals surface area contributed by atoms with Gasteiger partial charge in [0.25, 0.3) is 0 Å². The Morgan fingerprint density at radius 2 is 1.48 bits per heavy atom. The van der Waals surface area contributed by atoms with Gasteiger partial charge in [0, 0.05) is 36.1 Å². The number of aromatic nitrogens is 2. The fraction of sp³-hybridized carbons (Fsp3) is 0.120. The molecule has 0 aliphatic carbocycles. The summed E-state index contributed by atoms with van der Waals surface area (Å²) in [6.07, 6.45) is 4.31. The maximum absolute atomic E-state index is 10.4. The zero-order valence-corrected chi connectivity index (χ0v) is 16.1. The van der Waals surface area contributed by atoms with Crippen molar-refractivity contribution in [2.24, 2.45) is 0 Å².